The third-order valence-corrected chi connectivity index (χ3v) is 4.93. The first kappa shape index (κ1) is 16.6. The minimum atomic E-state index is -2.82. The Labute approximate surface area is 145 Å². The summed E-state index contributed by atoms with van der Waals surface area (Å²) in [5.41, 5.74) is 1.52. The number of carbonyl (C=O) groups is 1. The molecule has 0 spiro atoms. The number of benzene rings is 1. The van der Waals surface area contributed by atoms with Crippen molar-refractivity contribution in [3.8, 4) is 11.8 Å². The molecule has 6 nitrogen and oxygen atoms in total. The van der Waals surface area contributed by atoms with Gasteiger partial charge in [0.05, 0.1) is 27.1 Å². The highest BCUT2D eigenvalue weighted by Gasteiger charge is 2.11. The van der Waals surface area contributed by atoms with Crippen LogP contribution in [0.4, 0.5) is 0 Å². The molecule has 2 heterocycles. The number of carbonyl (C=O) groups excluding carboxylic acids is 1. The Kier molecular flexibility index (Phi) is 4.73. The molecule has 3 rings (SSSR count). The van der Waals surface area contributed by atoms with E-state index in [4.69, 9.17) is 0 Å². The predicted molar refractivity (Wildman–Crippen MR) is 94.3 cm³/mol. The molecule has 0 aliphatic heterocycles. The van der Waals surface area contributed by atoms with Crippen LogP contribution in [0.1, 0.15) is 21.5 Å². The molecular formula is C18H14N4O2S. The van der Waals surface area contributed by atoms with Crippen molar-refractivity contribution in [1.29, 1.82) is 0 Å². The van der Waals surface area contributed by atoms with Gasteiger partial charge in [0.15, 0.2) is 0 Å². The van der Waals surface area contributed by atoms with E-state index in [-0.39, 0.29) is 5.56 Å². The largest absolute Gasteiger partial charge is 0.286 e. The van der Waals surface area contributed by atoms with Gasteiger partial charge in [-0.05, 0) is 18.2 Å². The summed E-state index contributed by atoms with van der Waals surface area (Å²) in [5.74, 6) is 5.21. The van der Waals surface area contributed by atoms with E-state index in [1.807, 2.05) is 6.07 Å². The van der Waals surface area contributed by atoms with Crippen molar-refractivity contribution in [1.82, 2.24) is 15.2 Å². The number of nitrogens with one attached hydrogen (secondary N) is 1. The molecule has 1 aromatic carbocycles. The van der Waals surface area contributed by atoms with Crippen LogP contribution in [-0.4, -0.2) is 31.6 Å². The maximum atomic E-state index is 12.7. The number of aromatic nitrogens is 3. The van der Waals surface area contributed by atoms with E-state index >= 15 is 0 Å². The Bertz CT molecular complexity index is 1070. The number of hydrogen-bond acceptors (Lipinski definition) is 4. The molecule has 25 heavy (non-hydrogen) atoms. The van der Waals surface area contributed by atoms with Crippen LogP contribution in [0.15, 0.2) is 70.4 Å². The second-order valence-electron chi connectivity index (χ2n) is 5.21. The SMILES string of the molecule is C[S@@](=O)(=NC(=O)c1cncc(C#Cc2cn[nH]c2)c1)c1ccccc1. The van der Waals surface area contributed by atoms with Gasteiger partial charge in [-0.15, -0.1) is 0 Å². The van der Waals surface area contributed by atoms with Gasteiger partial charge in [-0.2, -0.15) is 9.46 Å². The zero-order valence-corrected chi connectivity index (χ0v) is 14.2. The van der Waals surface area contributed by atoms with E-state index in [0.29, 0.717) is 10.5 Å². The molecule has 0 saturated heterocycles. The first-order valence-corrected chi connectivity index (χ1v) is 9.24. The fraction of sp³-hybridized carbons (Fsp3) is 0.0556. The van der Waals surface area contributed by atoms with Crippen molar-refractivity contribution in [2.45, 2.75) is 4.90 Å². The van der Waals surface area contributed by atoms with Gasteiger partial charge < -0.3 is 0 Å². The van der Waals surface area contributed by atoms with E-state index in [1.165, 1.54) is 12.5 Å². The molecule has 0 aliphatic rings. The van der Waals surface area contributed by atoms with Crippen molar-refractivity contribution in [3.63, 3.8) is 0 Å². The zero-order valence-electron chi connectivity index (χ0n) is 13.3. The molecule has 0 fully saturated rings. The number of aromatic amines is 1. The number of hydrogen-bond donors (Lipinski definition) is 1. The summed E-state index contributed by atoms with van der Waals surface area (Å²) in [4.78, 5) is 16.9. The summed E-state index contributed by atoms with van der Waals surface area (Å²) >= 11 is 0. The van der Waals surface area contributed by atoms with Crippen molar-refractivity contribution in [2.75, 3.05) is 6.26 Å². The number of H-pyrrole nitrogens is 1. The summed E-state index contributed by atoms with van der Waals surface area (Å²) in [7, 11) is -2.82. The average molecular weight is 350 g/mol. The number of nitrogens with zero attached hydrogens (tertiary/aromatic N) is 3. The molecular weight excluding hydrogens is 336 g/mol. The Balaban J connectivity index is 1.89. The molecule has 0 unspecified atom stereocenters. The molecule has 7 heteroatoms. The van der Waals surface area contributed by atoms with Crippen LogP contribution in [0, 0.1) is 11.8 Å². The quantitative estimate of drug-likeness (QED) is 0.719. The van der Waals surface area contributed by atoms with Gasteiger partial charge in [-0.25, -0.2) is 4.21 Å². The van der Waals surface area contributed by atoms with Gasteiger partial charge in [0, 0.05) is 35.3 Å². The Morgan fingerprint density at radius 3 is 2.60 bits per heavy atom. The highest BCUT2D eigenvalue weighted by atomic mass is 32.2. The Morgan fingerprint density at radius 2 is 1.88 bits per heavy atom. The van der Waals surface area contributed by atoms with Crippen LogP contribution in [-0.2, 0) is 9.73 Å². The Hall–Kier alpha value is -3.24. The van der Waals surface area contributed by atoms with Crippen LogP contribution < -0.4 is 0 Å². The molecule has 3 aromatic rings. The average Bonchev–Trinajstić information content (AvgIpc) is 3.14. The minimum Gasteiger partial charge on any atom is -0.284 e. The fourth-order valence-corrected chi connectivity index (χ4v) is 3.21. The van der Waals surface area contributed by atoms with Gasteiger partial charge in [0.25, 0.3) is 5.91 Å². The second kappa shape index (κ2) is 7.11. The summed E-state index contributed by atoms with van der Waals surface area (Å²) in [6.45, 7) is 0. The van der Waals surface area contributed by atoms with E-state index in [2.05, 4.69) is 31.4 Å². The third-order valence-electron chi connectivity index (χ3n) is 3.27. The van der Waals surface area contributed by atoms with Crippen LogP contribution in [0.5, 0.6) is 0 Å². The number of rotatable bonds is 2. The predicted octanol–water partition coefficient (Wildman–Crippen LogP) is 2.50. The van der Waals surface area contributed by atoms with E-state index < -0.39 is 15.6 Å². The van der Waals surface area contributed by atoms with E-state index in [1.54, 1.807) is 48.9 Å². The topological polar surface area (TPSA) is 88.1 Å². The maximum Gasteiger partial charge on any atom is 0.286 e. The van der Waals surface area contributed by atoms with Gasteiger partial charge >= 0.3 is 0 Å². The van der Waals surface area contributed by atoms with Crippen LogP contribution in [0.2, 0.25) is 0 Å². The van der Waals surface area contributed by atoms with E-state index in [9.17, 15) is 9.00 Å². The van der Waals surface area contributed by atoms with Crippen molar-refractivity contribution in [2.24, 2.45) is 4.36 Å². The zero-order chi connectivity index (χ0) is 17.7. The lowest BCUT2D eigenvalue weighted by Crippen LogP contribution is -2.04. The fourth-order valence-electron chi connectivity index (χ4n) is 2.03. The lowest BCUT2D eigenvalue weighted by molar-refractivity contribution is 0.100. The number of pyridine rings is 1. The third kappa shape index (κ3) is 4.19. The smallest absolute Gasteiger partial charge is 0.284 e. The van der Waals surface area contributed by atoms with Crippen molar-refractivity contribution < 1.29 is 9.00 Å². The lowest BCUT2D eigenvalue weighted by Gasteiger charge is -2.03. The molecule has 0 aliphatic carbocycles. The summed E-state index contributed by atoms with van der Waals surface area (Å²) in [6.07, 6.45) is 7.63. The Morgan fingerprint density at radius 1 is 1.12 bits per heavy atom. The second-order valence-corrected chi connectivity index (χ2v) is 7.47. The number of amides is 1. The van der Waals surface area contributed by atoms with Crippen LogP contribution in [0.3, 0.4) is 0 Å². The van der Waals surface area contributed by atoms with Crippen LogP contribution in [0.25, 0.3) is 0 Å². The molecule has 1 atom stereocenters. The molecule has 2 aromatic heterocycles. The first-order valence-electron chi connectivity index (χ1n) is 7.32. The molecule has 0 bridgehead atoms. The standard InChI is InChI=1S/C18H14N4O2S/c1-25(24,17-5-3-2-4-6-17)22-18(23)16-9-14(10-19-13-16)7-8-15-11-20-21-12-15/h2-6,9-13H,1H3,(H,20,21)/t25-/m0/s1. The summed E-state index contributed by atoms with van der Waals surface area (Å²) < 4.78 is 16.6. The molecule has 1 N–H and O–H groups in total. The van der Waals surface area contributed by atoms with Crippen molar-refractivity contribution in [3.05, 3.63) is 77.9 Å². The van der Waals surface area contributed by atoms with Crippen molar-refractivity contribution >= 4 is 15.6 Å². The van der Waals surface area contributed by atoms with Gasteiger partial charge in [0.2, 0.25) is 0 Å². The van der Waals surface area contributed by atoms with E-state index in [0.717, 1.165) is 5.56 Å². The van der Waals surface area contributed by atoms with Gasteiger partial charge in [-0.3, -0.25) is 14.9 Å². The monoisotopic (exact) mass is 350 g/mol. The summed E-state index contributed by atoms with van der Waals surface area (Å²) in [5, 5.41) is 6.47. The highest BCUT2D eigenvalue weighted by molar-refractivity contribution is 7.93. The van der Waals surface area contributed by atoms with Gasteiger partial charge in [-0.1, -0.05) is 30.0 Å². The highest BCUT2D eigenvalue weighted by Crippen LogP contribution is 2.13. The lowest BCUT2D eigenvalue weighted by atomic mass is 10.2. The minimum absolute atomic E-state index is 0.240. The molecule has 124 valence electrons. The normalized spacial score (nSPS) is 12.5. The molecule has 1 amide bonds. The molecule has 0 radical (unpaired) electrons. The first-order chi connectivity index (χ1) is 12.0. The van der Waals surface area contributed by atoms with Crippen LogP contribution >= 0.6 is 0 Å². The van der Waals surface area contributed by atoms with Gasteiger partial charge in [0.1, 0.15) is 0 Å². The summed E-state index contributed by atoms with van der Waals surface area (Å²) in [6, 6.07) is 10.3. The molecule has 0 saturated carbocycles. The maximum absolute atomic E-state index is 12.7.